The number of hydrogen-bond donors (Lipinski definition) is 1. The van der Waals surface area contributed by atoms with Crippen LogP contribution in [-0.2, 0) is 9.59 Å². The molecule has 0 bridgehead atoms. The van der Waals surface area contributed by atoms with Crippen LogP contribution >= 0.6 is 0 Å². The summed E-state index contributed by atoms with van der Waals surface area (Å²) in [6, 6.07) is 9.94. The molecule has 1 aliphatic heterocycles. The highest BCUT2D eigenvalue weighted by atomic mass is 16.5. The van der Waals surface area contributed by atoms with Gasteiger partial charge in [0.15, 0.2) is 11.5 Å². The summed E-state index contributed by atoms with van der Waals surface area (Å²) in [6.07, 6.45) is 0. The Morgan fingerprint density at radius 3 is 2.03 bits per heavy atom. The number of carbonyl (C=O) groups is 2. The molecule has 3 rings (SSSR count). The molecule has 8 heteroatoms. The number of hydrogen-bond acceptors (Lipinski definition) is 7. The topological polar surface area (TPSA) is 86.3 Å². The van der Waals surface area contributed by atoms with Crippen molar-refractivity contribution in [2.75, 3.05) is 33.8 Å². The lowest BCUT2D eigenvalue weighted by Gasteiger charge is -2.19. The van der Waals surface area contributed by atoms with Crippen LogP contribution in [0.25, 0.3) is 5.57 Å². The Labute approximate surface area is 181 Å². The summed E-state index contributed by atoms with van der Waals surface area (Å²) in [6.45, 7) is 3.58. The Bertz CT molecular complexity index is 1040. The molecule has 0 aromatic heterocycles. The molecule has 2 aromatic carbocycles. The largest absolute Gasteiger partial charge is 0.497 e. The van der Waals surface area contributed by atoms with Crippen molar-refractivity contribution in [1.29, 1.82) is 0 Å². The van der Waals surface area contributed by atoms with Crippen molar-refractivity contribution in [2.24, 2.45) is 0 Å². The fraction of sp³-hybridized carbons (Fsp3) is 0.304. The average Bonchev–Trinajstić information content (AvgIpc) is 3.02. The van der Waals surface area contributed by atoms with Gasteiger partial charge in [0.2, 0.25) is 0 Å². The second-order valence-corrected chi connectivity index (χ2v) is 7.09. The van der Waals surface area contributed by atoms with E-state index in [0.717, 1.165) is 0 Å². The van der Waals surface area contributed by atoms with Crippen LogP contribution in [0, 0.1) is 0 Å². The standard InChI is InChI=1S/C23H26N2O6/c1-13(2)25-22(26)20(14-7-10-17(29-4)19(11-14)31-6)21(23(25)27)24-16-9-8-15(28-3)12-18(16)30-5/h7-13,24H,1-6H3. The van der Waals surface area contributed by atoms with Gasteiger partial charge in [0, 0.05) is 12.1 Å². The predicted molar refractivity (Wildman–Crippen MR) is 117 cm³/mol. The SMILES string of the molecule is COc1ccc(NC2=C(c3ccc(OC)c(OC)c3)C(=O)N(C(C)C)C2=O)c(OC)c1. The molecule has 2 aromatic rings. The maximum atomic E-state index is 13.3. The van der Waals surface area contributed by atoms with E-state index in [1.165, 1.54) is 26.2 Å². The third kappa shape index (κ3) is 4.01. The van der Waals surface area contributed by atoms with Crippen LogP contribution in [0.2, 0.25) is 0 Å². The highest BCUT2D eigenvalue weighted by molar-refractivity contribution is 6.36. The average molecular weight is 426 g/mol. The molecular weight excluding hydrogens is 400 g/mol. The molecule has 0 saturated heterocycles. The fourth-order valence-corrected chi connectivity index (χ4v) is 3.43. The van der Waals surface area contributed by atoms with Crippen LogP contribution in [0.15, 0.2) is 42.1 Å². The number of methoxy groups -OCH3 is 4. The van der Waals surface area contributed by atoms with Crippen LogP contribution in [0.3, 0.4) is 0 Å². The van der Waals surface area contributed by atoms with Gasteiger partial charge in [-0.15, -0.1) is 0 Å². The molecule has 0 atom stereocenters. The van der Waals surface area contributed by atoms with Gasteiger partial charge in [-0.05, 0) is 43.7 Å². The quantitative estimate of drug-likeness (QED) is 0.648. The summed E-state index contributed by atoms with van der Waals surface area (Å²) < 4.78 is 21.3. The van der Waals surface area contributed by atoms with Gasteiger partial charge in [-0.2, -0.15) is 0 Å². The molecule has 8 nitrogen and oxygen atoms in total. The molecule has 0 saturated carbocycles. The van der Waals surface area contributed by atoms with Gasteiger partial charge in [-0.3, -0.25) is 14.5 Å². The van der Waals surface area contributed by atoms with E-state index in [2.05, 4.69) is 5.32 Å². The Kier molecular flexibility index (Phi) is 6.39. The zero-order valence-electron chi connectivity index (χ0n) is 18.4. The highest BCUT2D eigenvalue weighted by Gasteiger charge is 2.41. The number of nitrogens with zero attached hydrogens (tertiary/aromatic N) is 1. The summed E-state index contributed by atoms with van der Waals surface area (Å²) in [5.74, 6) is 1.26. The predicted octanol–water partition coefficient (Wildman–Crippen LogP) is 3.32. The first-order valence-corrected chi connectivity index (χ1v) is 9.69. The molecular formula is C23H26N2O6. The van der Waals surface area contributed by atoms with Gasteiger partial charge < -0.3 is 24.3 Å². The second-order valence-electron chi connectivity index (χ2n) is 7.09. The Hall–Kier alpha value is -3.68. The maximum absolute atomic E-state index is 13.3. The van der Waals surface area contributed by atoms with Crippen molar-refractivity contribution < 1.29 is 28.5 Å². The Morgan fingerprint density at radius 1 is 0.774 bits per heavy atom. The van der Waals surface area contributed by atoms with Crippen LogP contribution in [0.4, 0.5) is 5.69 Å². The third-order valence-corrected chi connectivity index (χ3v) is 4.97. The molecule has 1 aliphatic rings. The number of ether oxygens (including phenoxy) is 4. The fourth-order valence-electron chi connectivity index (χ4n) is 3.43. The van der Waals surface area contributed by atoms with Gasteiger partial charge in [-0.1, -0.05) is 6.07 Å². The molecule has 0 fully saturated rings. The summed E-state index contributed by atoms with van der Waals surface area (Å²) in [5, 5.41) is 3.11. The number of benzene rings is 2. The molecule has 0 radical (unpaired) electrons. The van der Waals surface area contributed by atoms with E-state index in [1.807, 2.05) is 0 Å². The molecule has 31 heavy (non-hydrogen) atoms. The van der Waals surface area contributed by atoms with E-state index >= 15 is 0 Å². The monoisotopic (exact) mass is 426 g/mol. The minimum atomic E-state index is -0.414. The first-order valence-electron chi connectivity index (χ1n) is 9.69. The number of imide groups is 1. The summed E-state index contributed by atoms with van der Waals surface area (Å²) in [7, 11) is 6.12. The van der Waals surface area contributed by atoms with Crippen LogP contribution in [-0.4, -0.2) is 51.2 Å². The summed E-state index contributed by atoms with van der Waals surface area (Å²) in [5.41, 5.74) is 1.48. The van der Waals surface area contributed by atoms with E-state index in [9.17, 15) is 9.59 Å². The van der Waals surface area contributed by atoms with E-state index in [4.69, 9.17) is 18.9 Å². The van der Waals surface area contributed by atoms with E-state index in [-0.39, 0.29) is 23.2 Å². The van der Waals surface area contributed by atoms with Crippen molar-refractivity contribution in [2.45, 2.75) is 19.9 Å². The lowest BCUT2D eigenvalue weighted by Crippen LogP contribution is -2.38. The third-order valence-electron chi connectivity index (χ3n) is 4.97. The molecule has 1 N–H and O–H groups in total. The normalized spacial score (nSPS) is 13.7. The maximum Gasteiger partial charge on any atom is 0.278 e. The minimum Gasteiger partial charge on any atom is -0.497 e. The van der Waals surface area contributed by atoms with Crippen molar-refractivity contribution in [3.63, 3.8) is 0 Å². The van der Waals surface area contributed by atoms with Gasteiger partial charge in [0.1, 0.15) is 17.2 Å². The zero-order chi connectivity index (χ0) is 22.7. The summed E-state index contributed by atoms with van der Waals surface area (Å²) >= 11 is 0. The number of anilines is 1. The van der Waals surface area contributed by atoms with Crippen LogP contribution < -0.4 is 24.3 Å². The number of amides is 2. The molecule has 2 amide bonds. The van der Waals surface area contributed by atoms with Gasteiger partial charge >= 0.3 is 0 Å². The van der Waals surface area contributed by atoms with Crippen molar-refractivity contribution in [1.82, 2.24) is 4.90 Å². The lowest BCUT2D eigenvalue weighted by molar-refractivity contribution is -0.138. The smallest absolute Gasteiger partial charge is 0.278 e. The number of rotatable bonds is 8. The van der Waals surface area contributed by atoms with Crippen molar-refractivity contribution in [3.8, 4) is 23.0 Å². The van der Waals surface area contributed by atoms with E-state index < -0.39 is 5.91 Å². The minimum absolute atomic E-state index is 0.161. The van der Waals surface area contributed by atoms with Gasteiger partial charge in [0.05, 0.1) is 39.7 Å². The van der Waals surface area contributed by atoms with Gasteiger partial charge in [0.25, 0.3) is 11.8 Å². The van der Waals surface area contributed by atoms with Crippen molar-refractivity contribution >= 4 is 23.1 Å². The van der Waals surface area contributed by atoms with E-state index in [0.29, 0.717) is 34.2 Å². The zero-order valence-corrected chi connectivity index (χ0v) is 18.4. The molecule has 1 heterocycles. The van der Waals surface area contributed by atoms with Crippen molar-refractivity contribution in [3.05, 3.63) is 47.7 Å². The first-order chi connectivity index (χ1) is 14.9. The van der Waals surface area contributed by atoms with Crippen LogP contribution in [0.1, 0.15) is 19.4 Å². The summed E-state index contributed by atoms with van der Waals surface area (Å²) in [4.78, 5) is 27.7. The van der Waals surface area contributed by atoms with Gasteiger partial charge in [-0.25, -0.2) is 0 Å². The Morgan fingerprint density at radius 2 is 1.45 bits per heavy atom. The first kappa shape index (κ1) is 22.0. The molecule has 164 valence electrons. The Balaban J connectivity index is 2.15. The lowest BCUT2D eigenvalue weighted by atomic mass is 10.0. The highest BCUT2D eigenvalue weighted by Crippen LogP contribution is 2.38. The van der Waals surface area contributed by atoms with E-state index in [1.54, 1.807) is 57.4 Å². The number of carbonyl (C=O) groups excluding carboxylic acids is 2. The second kappa shape index (κ2) is 8.99. The molecule has 0 unspecified atom stereocenters. The number of nitrogens with one attached hydrogen (secondary N) is 1. The molecule has 0 aliphatic carbocycles. The van der Waals surface area contributed by atoms with Crippen LogP contribution in [0.5, 0.6) is 23.0 Å². The molecule has 0 spiro atoms.